The van der Waals surface area contributed by atoms with Crippen LogP contribution >= 0.6 is 35.0 Å². The first kappa shape index (κ1) is 18.2. The average molecular weight is 427 g/mol. The minimum Gasteiger partial charge on any atom is -0.315 e. The molecule has 0 saturated carbocycles. The summed E-state index contributed by atoms with van der Waals surface area (Å²) in [7, 11) is -3.07. The second kappa shape index (κ2) is 7.08. The van der Waals surface area contributed by atoms with Crippen molar-refractivity contribution in [2.24, 2.45) is 4.99 Å². The van der Waals surface area contributed by atoms with Crippen molar-refractivity contribution in [2.45, 2.75) is 17.8 Å². The molecule has 2 aliphatic rings. The van der Waals surface area contributed by atoms with E-state index in [1.165, 1.54) is 0 Å². The number of benzene rings is 2. The van der Waals surface area contributed by atoms with E-state index in [0.29, 0.717) is 10.8 Å². The maximum absolute atomic E-state index is 12.1. The lowest BCUT2D eigenvalue weighted by Gasteiger charge is -2.26. The molecule has 2 aliphatic heterocycles. The van der Waals surface area contributed by atoms with Gasteiger partial charge in [-0.3, -0.25) is 4.99 Å². The molecule has 0 radical (unpaired) electrons. The highest BCUT2D eigenvalue weighted by Gasteiger charge is 2.47. The highest BCUT2D eigenvalue weighted by atomic mass is 35.5. The largest absolute Gasteiger partial charge is 0.315 e. The highest BCUT2D eigenvalue weighted by Crippen LogP contribution is 2.37. The normalized spacial score (nSPS) is 23.8. The number of nitrogens with zero attached hydrogens (tertiary/aromatic N) is 2. The molecule has 1 saturated heterocycles. The molecule has 2 heterocycles. The molecule has 2 atom stereocenters. The molecule has 4 nitrogen and oxygen atoms in total. The number of thioether (sulfide) groups is 1. The monoisotopic (exact) mass is 426 g/mol. The average Bonchev–Trinajstić information content (AvgIpc) is 3.05. The summed E-state index contributed by atoms with van der Waals surface area (Å²) in [6.45, 7) is 0. The second-order valence-electron chi connectivity index (χ2n) is 6.35. The Bertz CT molecular complexity index is 979. The van der Waals surface area contributed by atoms with Crippen molar-refractivity contribution in [3.63, 3.8) is 0 Å². The Morgan fingerprint density at radius 2 is 1.92 bits per heavy atom. The van der Waals surface area contributed by atoms with Crippen LogP contribution in [0.15, 0.2) is 53.5 Å². The van der Waals surface area contributed by atoms with Crippen LogP contribution in [-0.2, 0) is 15.6 Å². The van der Waals surface area contributed by atoms with Crippen molar-refractivity contribution in [1.29, 1.82) is 0 Å². The van der Waals surface area contributed by atoms with Crippen LogP contribution in [0.25, 0.3) is 0 Å². The maximum atomic E-state index is 12.1. The van der Waals surface area contributed by atoms with E-state index < -0.39 is 9.84 Å². The Labute approximate surface area is 167 Å². The van der Waals surface area contributed by atoms with Crippen LogP contribution in [-0.4, -0.2) is 37.2 Å². The van der Waals surface area contributed by atoms with Gasteiger partial charge in [0, 0.05) is 21.5 Å². The van der Waals surface area contributed by atoms with Gasteiger partial charge in [0.2, 0.25) is 0 Å². The van der Waals surface area contributed by atoms with Crippen molar-refractivity contribution in [1.82, 2.24) is 0 Å². The molecular formula is C18H16Cl2N2O2S2. The van der Waals surface area contributed by atoms with Gasteiger partial charge in [-0.25, -0.2) is 8.42 Å². The number of rotatable bonds is 3. The van der Waals surface area contributed by atoms with E-state index in [9.17, 15) is 8.42 Å². The molecule has 0 N–H and O–H groups in total. The first-order valence-corrected chi connectivity index (χ1v) is 11.7. The first-order chi connectivity index (χ1) is 12.4. The summed E-state index contributed by atoms with van der Waals surface area (Å²) in [5, 5.41) is 2.15. The number of hydrogen-bond donors (Lipinski definition) is 0. The van der Waals surface area contributed by atoms with E-state index in [1.54, 1.807) is 17.8 Å². The van der Waals surface area contributed by atoms with Crippen molar-refractivity contribution < 1.29 is 8.42 Å². The Hall–Kier alpha value is -1.21. The fourth-order valence-corrected chi connectivity index (χ4v) is 6.76. The number of amidine groups is 1. The summed E-state index contributed by atoms with van der Waals surface area (Å²) in [4.78, 5) is 6.73. The second-order valence-corrected chi connectivity index (χ2v) is 10.3. The number of anilines is 1. The number of sulfone groups is 1. The lowest BCUT2D eigenvalue weighted by atomic mass is 10.1. The van der Waals surface area contributed by atoms with Gasteiger partial charge in [0.1, 0.15) is 0 Å². The van der Waals surface area contributed by atoms with Crippen molar-refractivity contribution in [2.75, 3.05) is 16.4 Å². The quantitative estimate of drug-likeness (QED) is 0.734. The molecule has 8 heteroatoms. The van der Waals surface area contributed by atoms with Gasteiger partial charge < -0.3 is 4.90 Å². The summed E-state index contributed by atoms with van der Waals surface area (Å²) < 4.78 is 24.1. The minimum absolute atomic E-state index is 0.102. The summed E-state index contributed by atoms with van der Waals surface area (Å²) in [5.41, 5.74) is 1.89. The van der Waals surface area contributed by atoms with Crippen LogP contribution in [0, 0.1) is 0 Å². The van der Waals surface area contributed by atoms with E-state index in [1.807, 2.05) is 47.4 Å². The topological polar surface area (TPSA) is 49.7 Å². The van der Waals surface area contributed by atoms with Crippen LogP contribution in [0.2, 0.25) is 10.0 Å². The summed E-state index contributed by atoms with van der Waals surface area (Å²) in [6.07, 6.45) is 0. The number of aliphatic imine (C=N–C) groups is 1. The van der Waals surface area contributed by atoms with Crippen LogP contribution in [0.4, 0.5) is 5.69 Å². The first-order valence-electron chi connectivity index (χ1n) is 8.12. The van der Waals surface area contributed by atoms with Gasteiger partial charge in [0.25, 0.3) is 0 Å². The fraction of sp³-hybridized carbons (Fsp3) is 0.278. The molecule has 2 aromatic rings. The Kier molecular flexibility index (Phi) is 4.94. The van der Waals surface area contributed by atoms with Crippen molar-refractivity contribution in [3.05, 3.63) is 64.1 Å². The zero-order valence-electron chi connectivity index (χ0n) is 13.7. The molecule has 0 unspecified atom stereocenters. The maximum Gasteiger partial charge on any atom is 0.164 e. The van der Waals surface area contributed by atoms with Crippen LogP contribution < -0.4 is 4.90 Å². The molecule has 0 aliphatic carbocycles. The predicted molar refractivity (Wildman–Crippen MR) is 110 cm³/mol. The van der Waals surface area contributed by atoms with E-state index in [4.69, 9.17) is 28.2 Å². The van der Waals surface area contributed by atoms with Gasteiger partial charge in [0.15, 0.2) is 15.0 Å². The standard InChI is InChI=1S/C18H16Cl2N2O2S2/c19-13-5-3-6-14(8-13)22-17-11-26(23,24)10-16(17)21-18(22)25-9-12-4-1-2-7-15(12)20/h1-8,16-17H,9-11H2/t16-,17+/m1/s1. The van der Waals surface area contributed by atoms with E-state index >= 15 is 0 Å². The van der Waals surface area contributed by atoms with Crippen molar-refractivity contribution in [3.8, 4) is 0 Å². The molecule has 0 bridgehead atoms. The zero-order valence-corrected chi connectivity index (χ0v) is 16.8. The van der Waals surface area contributed by atoms with Crippen LogP contribution in [0.1, 0.15) is 5.56 Å². The number of fused-ring (bicyclic) bond motifs is 1. The Balaban J connectivity index is 1.64. The van der Waals surface area contributed by atoms with E-state index in [0.717, 1.165) is 21.4 Å². The summed E-state index contributed by atoms with van der Waals surface area (Å²) in [5.74, 6) is 0.885. The van der Waals surface area contributed by atoms with Gasteiger partial charge in [-0.2, -0.15) is 0 Å². The molecule has 2 aromatic carbocycles. The van der Waals surface area contributed by atoms with Gasteiger partial charge in [-0.1, -0.05) is 59.2 Å². The van der Waals surface area contributed by atoms with Crippen LogP contribution in [0.5, 0.6) is 0 Å². The predicted octanol–water partition coefficient (Wildman–Crippen LogP) is 4.27. The van der Waals surface area contributed by atoms with Gasteiger partial charge in [-0.05, 0) is 29.8 Å². The molecule has 26 heavy (non-hydrogen) atoms. The molecule has 0 aromatic heterocycles. The molecule has 4 rings (SSSR count). The smallest absolute Gasteiger partial charge is 0.164 e. The Morgan fingerprint density at radius 1 is 1.12 bits per heavy atom. The number of halogens is 2. The summed E-state index contributed by atoms with van der Waals surface area (Å²) in [6, 6.07) is 14.8. The lowest BCUT2D eigenvalue weighted by Crippen LogP contribution is -2.39. The molecule has 136 valence electrons. The number of hydrogen-bond acceptors (Lipinski definition) is 5. The molecule has 0 amide bonds. The highest BCUT2D eigenvalue weighted by molar-refractivity contribution is 8.13. The van der Waals surface area contributed by atoms with Gasteiger partial charge >= 0.3 is 0 Å². The zero-order chi connectivity index (χ0) is 18.3. The van der Waals surface area contributed by atoms with E-state index in [2.05, 4.69) is 0 Å². The SMILES string of the molecule is O=S1(=O)C[C@H]2N=C(SCc3ccccc3Cl)N(c3cccc(Cl)c3)[C@H]2C1. The molecule has 0 spiro atoms. The van der Waals surface area contributed by atoms with Gasteiger partial charge in [0.05, 0.1) is 23.6 Å². The third-order valence-corrected chi connectivity index (χ3v) is 7.83. The fourth-order valence-electron chi connectivity index (χ4n) is 3.32. The third kappa shape index (κ3) is 3.60. The van der Waals surface area contributed by atoms with E-state index in [-0.39, 0.29) is 23.6 Å². The Morgan fingerprint density at radius 3 is 2.69 bits per heavy atom. The van der Waals surface area contributed by atoms with Crippen LogP contribution in [0.3, 0.4) is 0 Å². The van der Waals surface area contributed by atoms with Gasteiger partial charge in [-0.15, -0.1) is 0 Å². The van der Waals surface area contributed by atoms with Crippen molar-refractivity contribution >= 4 is 55.7 Å². The molecular weight excluding hydrogens is 411 g/mol. The molecule has 1 fully saturated rings. The summed E-state index contributed by atoms with van der Waals surface area (Å²) >= 11 is 14.0. The lowest BCUT2D eigenvalue weighted by molar-refractivity contribution is 0.601. The minimum atomic E-state index is -3.07. The third-order valence-electron chi connectivity index (χ3n) is 4.51.